The number of carbonyl (C=O) groups is 1. The number of thioether (sulfide) groups is 1. The van der Waals surface area contributed by atoms with Crippen molar-refractivity contribution in [2.75, 3.05) is 17.7 Å². The van der Waals surface area contributed by atoms with Gasteiger partial charge in [0.05, 0.1) is 12.7 Å². The van der Waals surface area contributed by atoms with E-state index in [2.05, 4.69) is 26.6 Å². The zero-order chi connectivity index (χ0) is 26.8. The Balaban J connectivity index is 1.56. The van der Waals surface area contributed by atoms with Gasteiger partial charge in [-0.25, -0.2) is 4.68 Å². The maximum atomic E-state index is 13.8. The summed E-state index contributed by atoms with van der Waals surface area (Å²) in [5, 5.41) is 12.5. The van der Waals surface area contributed by atoms with Gasteiger partial charge in [0.2, 0.25) is 11.1 Å². The first-order chi connectivity index (χ1) is 18.4. The van der Waals surface area contributed by atoms with Crippen LogP contribution < -0.4 is 15.4 Å². The first kappa shape index (κ1) is 26.3. The molecular weight excluding hydrogens is 586 g/mol. The van der Waals surface area contributed by atoms with Crippen molar-refractivity contribution in [1.82, 2.24) is 14.8 Å². The third kappa shape index (κ3) is 5.32. The van der Waals surface area contributed by atoms with Gasteiger partial charge in [-0.2, -0.15) is 4.98 Å². The van der Waals surface area contributed by atoms with Crippen molar-refractivity contribution >= 4 is 56.8 Å². The van der Waals surface area contributed by atoms with E-state index in [1.54, 1.807) is 11.8 Å². The molecule has 1 aliphatic rings. The summed E-state index contributed by atoms with van der Waals surface area (Å²) in [5.74, 6) is 1.56. The Morgan fingerprint density at radius 1 is 1.16 bits per heavy atom. The van der Waals surface area contributed by atoms with E-state index in [-0.39, 0.29) is 5.91 Å². The Hall–Kier alpha value is -3.27. The smallest absolute Gasteiger partial charge is 0.255 e. The number of hydrogen-bond acceptors (Lipinski definition) is 6. The van der Waals surface area contributed by atoms with Gasteiger partial charge in [0.15, 0.2) is 0 Å². The molecule has 1 aliphatic heterocycles. The zero-order valence-corrected chi connectivity index (χ0v) is 24.1. The number of ether oxygens (including phenoxy) is 1. The lowest BCUT2D eigenvalue weighted by Crippen LogP contribution is -2.32. The van der Waals surface area contributed by atoms with Crippen molar-refractivity contribution in [3.8, 4) is 5.75 Å². The standard InChI is InChI=1S/C28H25BrClN5O2S/c1-16-8-4-7-11-22(16)32-26(36)24-17(2)31-27-33-28(38-15-18-9-5-6-10-21(18)30)34-35(27)25(24)20-14-19(29)12-13-23(20)37-3/h4-14,25H,15H2,1-3H3,(H,32,36)(H,31,33,34). The van der Waals surface area contributed by atoms with E-state index < -0.39 is 6.04 Å². The Kier molecular flexibility index (Phi) is 7.78. The van der Waals surface area contributed by atoms with Gasteiger partial charge in [-0.3, -0.25) is 4.79 Å². The summed E-state index contributed by atoms with van der Waals surface area (Å²) < 4.78 is 8.33. The molecule has 10 heteroatoms. The number of carbonyl (C=O) groups excluding carboxylic acids is 1. The Morgan fingerprint density at radius 2 is 1.92 bits per heavy atom. The highest BCUT2D eigenvalue weighted by molar-refractivity contribution is 9.10. The van der Waals surface area contributed by atoms with E-state index in [0.717, 1.165) is 26.9 Å². The van der Waals surface area contributed by atoms with Crippen LogP contribution in [0.5, 0.6) is 5.75 Å². The third-order valence-electron chi connectivity index (χ3n) is 6.27. The van der Waals surface area contributed by atoms with Crippen LogP contribution in [0.2, 0.25) is 5.02 Å². The Morgan fingerprint density at radius 3 is 2.68 bits per heavy atom. The summed E-state index contributed by atoms with van der Waals surface area (Å²) in [6, 6.07) is 20.5. The van der Waals surface area contributed by atoms with Crippen LogP contribution in [0.25, 0.3) is 0 Å². The number of nitrogens with zero attached hydrogens (tertiary/aromatic N) is 3. The molecule has 7 nitrogen and oxygen atoms in total. The van der Waals surface area contributed by atoms with Crippen LogP contribution >= 0.6 is 39.3 Å². The van der Waals surface area contributed by atoms with Gasteiger partial charge in [-0.05, 0) is 55.3 Å². The number of benzene rings is 3. The van der Waals surface area contributed by atoms with Crippen LogP contribution in [0.1, 0.15) is 29.7 Å². The summed E-state index contributed by atoms with van der Waals surface area (Å²) in [6.45, 7) is 3.84. The van der Waals surface area contributed by atoms with Gasteiger partial charge in [-0.1, -0.05) is 75.7 Å². The predicted molar refractivity (Wildman–Crippen MR) is 156 cm³/mol. The second-order valence-corrected chi connectivity index (χ2v) is 11.0. The first-order valence-corrected chi connectivity index (χ1v) is 14.0. The molecule has 0 saturated carbocycles. The van der Waals surface area contributed by atoms with E-state index >= 15 is 0 Å². The number of methoxy groups -OCH3 is 1. The number of allylic oxidation sites excluding steroid dienone is 1. The van der Waals surface area contributed by atoms with Crippen LogP contribution in [0.15, 0.2) is 87.6 Å². The number of fused-ring (bicyclic) bond motifs is 1. The number of amides is 1. The fourth-order valence-corrected chi connectivity index (χ4v) is 5.85. The molecule has 0 aliphatic carbocycles. The van der Waals surface area contributed by atoms with Crippen LogP contribution in [0.4, 0.5) is 11.6 Å². The number of para-hydroxylation sites is 1. The minimum atomic E-state index is -0.579. The number of rotatable bonds is 7. The molecule has 0 bridgehead atoms. The maximum Gasteiger partial charge on any atom is 0.255 e. The first-order valence-electron chi connectivity index (χ1n) is 11.9. The highest BCUT2D eigenvalue weighted by atomic mass is 79.9. The second kappa shape index (κ2) is 11.2. The zero-order valence-electron chi connectivity index (χ0n) is 21.0. The molecule has 0 fully saturated rings. The molecule has 0 saturated heterocycles. The number of anilines is 2. The van der Waals surface area contributed by atoms with Gasteiger partial charge in [0.1, 0.15) is 11.8 Å². The molecule has 0 radical (unpaired) electrons. The number of hydrogen-bond donors (Lipinski definition) is 2. The monoisotopic (exact) mass is 609 g/mol. The minimum absolute atomic E-state index is 0.234. The highest BCUT2D eigenvalue weighted by Gasteiger charge is 2.36. The molecular formula is C28H25BrClN5O2S. The van der Waals surface area contributed by atoms with Crippen molar-refractivity contribution in [1.29, 1.82) is 0 Å². The van der Waals surface area contributed by atoms with E-state index in [1.807, 2.05) is 80.6 Å². The lowest BCUT2D eigenvalue weighted by Gasteiger charge is -2.29. The molecule has 4 aromatic rings. The fourth-order valence-electron chi connectivity index (χ4n) is 4.35. The van der Waals surface area contributed by atoms with Crippen molar-refractivity contribution < 1.29 is 9.53 Å². The molecule has 1 atom stereocenters. The van der Waals surface area contributed by atoms with Gasteiger partial charge < -0.3 is 15.4 Å². The minimum Gasteiger partial charge on any atom is -0.496 e. The highest BCUT2D eigenvalue weighted by Crippen LogP contribution is 2.41. The summed E-state index contributed by atoms with van der Waals surface area (Å²) in [6.07, 6.45) is 0. The predicted octanol–water partition coefficient (Wildman–Crippen LogP) is 7.23. The van der Waals surface area contributed by atoms with E-state index in [4.69, 9.17) is 26.4 Å². The lowest BCUT2D eigenvalue weighted by molar-refractivity contribution is -0.113. The molecule has 1 aromatic heterocycles. The largest absolute Gasteiger partial charge is 0.496 e. The summed E-state index contributed by atoms with van der Waals surface area (Å²) in [5.41, 5.74) is 4.71. The fraction of sp³-hybridized carbons (Fsp3) is 0.179. The van der Waals surface area contributed by atoms with Crippen molar-refractivity contribution in [2.45, 2.75) is 30.8 Å². The molecule has 5 rings (SSSR count). The summed E-state index contributed by atoms with van der Waals surface area (Å²) in [4.78, 5) is 18.6. The van der Waals surface area contributed by atoms with E-state index in [0.29, 0.717) is 38.9 Å². The number of aromatic nitrogens is 3. The molecule has 2 heterocycles. The normalized spacial score (nSPS) is 14.6. The second-order valence-electron chi connectivity index (χ2n) is 8.76. The number of nitrogens with one attached hydrogen (secondary N) is 2. The van der Waals surface area contributed by atoms with Crippen LogP contribution in [0.3, 0.4) is 0 Å². The van der Waals surface area contributed by atoms with Gasteiger partial charge in [0, 0.05) is 32.2 Å². The van der Waals surface area contributed by atoms with Gasteiger partial charge >= 0.3 is 0 Å². The van der Waals surface area contributed by atoms with Crippen LogP contribution in [0, 0.1) is 6.92 Å². The SMILES string of the molecule is COc1ccc(Br)cc1C1C(C(=O)Nc2ccccc2C)=C(C)Nc2nc(SCc3ccccc3Cl)nn21. The van der Waals surface area contributed by atoms with Gasteiger partial charge in [0.25, 0.3) is 5.91 Å². The molecule has 38 heavy (non-hydrogen) atoms. The van der Waals surface area contributed by atoms with Crippen molar-refractivity contribution in [2.24, 2.45) is 0 Å². The lowest BCUT2D eigenvalue weighted by atomic mass is 9.94. The third-order valence-corrected chi connectivity index (χ3v) is 8.02. The molecule has 194 valence electrons. The van der Waals surface area contributed by atoms with Crippen LogP contribution in [-0.4, -0.2) is 27.8 Å². The average molecular weight is 611 g/mol. The molecule has 1 amide bonds. The molecule has 2 N–H and O–H groups in total. The molecule has 1 unspecified atom stereocenters. The van der Waals surface area contributed by atoms with E-state index in [1.165, 1.54) is 11.8 Å². The summed E-state index contributed by atoms with van der Waals surface area (Å²) >= 11 is 11.4. The van der Waals surface area contributed by atoms with E-state index in [9.17, 15) is 4.79 Å². The van der Waals surface area contributed by atoms with Gasteiger partial charge in [-0.15, -0.1) is 5.10 Å². The Labute approximate surface area is 238 Å². The van der Waals surface area contributed by atoms with Crippen LogP contribution in [-0.2, 0) is 10.5 Å². The topological polar surface area (TPSA) is 81.1 Å². The van der Waals surface area contributed by atoms with Crippen molar-refractivity contribution in [3.05, 3.63) is 104 Å². The maximum absolute atomic E-state index is 13.8. The summed E-state index contributed by atoms with van der Waals surface area (Å²) in [7, 11) is 1.62. The Bertz CT molecular complexity index is 1550. The molecule has 0 spiro atoms. The number of aryl methyl sites for hydroxylation is 1. The average Bonchev–Trinajstić information content (AvgIpc) is 3.31. The quantitative estimate of drug-likeness (QED) is 0.215. The molecule has 3 aromatic carbocycles. The number of halogens is 2. The van der Waals surface area contributed by atoms with Crippen molar-refractivity contribution in [3.63, 3.8) is 0 Å².